The molecule has 0 spiro atoms. The predicted octanol–water partition coefficient (Wildman–Crippen LogP) is 5.01. The van der Waals surface area contributed by atoms with Gasteiger partial charge in [0.2, 0.25) is 0 Å². The summed E-state index contributed by atoms with van der Waals surface area (Å²) in [5.41, 5.74) is 6.51. The average molecular weight is 429 g/mol. The van der Waals surface area contributed by atoms with E-state index in [1.807, 2.05) is 31.1 Å². The Morgan fingerprint density at radius 2 is 1.06 bits per heavy atom. The molecule has 1 heterocycles. The molecule has 4 rings (SSSR count). The van der Waals surface area contributed by atoms with Crippen LogP contribution in [0.15, 0.2) is 72.8 Å². The highest BCUT2D eigenvalue weighted by Crippen LogP contribution is 2.50. The molecule has 0 N–H and O–H groups in total. The van der Waals surface area contributed by atoms with Gasteiger partial charge in [-0.2, -0.15) is 0 Å². The summed E-state index contributed by atoms with van der Waals surface area (Å²) in [7, 11) is 11.6. The zero-order valence-corrected chi connectivity index (χ0v) is 19.6. The number of hydrogen-bond acceptors (Lipinski definition) is 5. The number of benzene rings is 3. The van der Waals surface area contributed by atoms with E-state index < -0.39 is 0 Å². The van der Waals surface area contributed by atoms with Crippen molar-refractivity contribution in [1.82, 2.24) is 9.80 Å². The van der Waals surface area contributed by atoms with Gasteiger partial charge in [0.15, 0.2) is 6.17 Å². The second kappa shape index (κ2) is 8.87. The maximum atomic E-state index is 5.87. The first-order chi connectivity index (χ1) is 15.5. The van der Waals surface area contributed by atoms with E-state index in [1.165, 1.54) is 0 Å². The fraction of sp³-hybridized carbons (Fsp3) is 0.222. The first-order valence-electron chi connectivity index (χ1n) is 10.6. The Balaban J connectivity index is 1.93. The number of hydrogen-bond donors (Lipinski definition) is 0. The summed E-state index contributed by atoms with van der Waals surface area (Å²) in [6.07, 6.45) is 1.00. The van der Waals surface area contributed by atoms with Crippen LogP contribution in [0.5, 0.6) is 11.5 Å². The van der Waals surface area contributed by atoms with E-state index in [-0.39, 0.29) is 0 Å². The van der Waals surface area contributed by atoms with Crippen LogP contribution in [0.2, 0.25) is 0 Å². The van der Waals surface area contributed by atoms with Crippen LogP contribution < -0.4 is 14.4 Å². The van der Waals surface area contributed by atoms with Crippen LogP contribution in [0.3, 0.4) is 0 Å². The average Bonchev–Trinajstić information content (AvgIpc) is 3.08. The Morgan fingerprint density at radius 3 is 1.41 bits per heavy atom. The van der Waals surface area contributed by atoms with Crippen molar-refractivity contribution >= 4 is 17.1 Å². The van der Waals surface area contributed by atoms with E-state index >= 15 is 0 Å². The van der Waals surface area contributed by atoms with Crippen molar-refractivity contribution in [1.29, 1.82) is 0 Å². The molecule has 3 aromatic rings. The van der Waals surface area contributed by atoms with Crippen molar-refractivity contribution in [2.24, 2.45) is 0 Å². The molecule has 0 unspecified atom stereocenters. The lowest BCUT2D eigenvalue weighted by Gasteiger charge is -2.31. The maximum Gasteiger partial charge on any atom is 0.194 e. The highest BCUT2D eigenvalue weighted by atomic mass is 16.5. The number of ether oxygens (including phenoxy) is 2. The smallest absolute Gasteiger partial charge is 0.194 e. The molecule has 0 saturated heterocycles. The van der Waals surface area contributed by atoms with Crippen LogP contribution in [0.1, 0.15) is 16.7 Å². The molecule has 32 heavy (non-hydrogen) atoms. The summed E-state index contributed by atoms with van der Waals surface area (Å²) in [6.45, 7) is 0. The van der Waals surface area contributed by atoms with Crippen molar-refractivity contribution in [3.63, 3.8) is 0 Å². The monoisotopic (exact) mass is 428 g/mol. The highest BCUT2D eigenvalue weighted by molar-refractivity contribution is 5.93. The van der Waals surface area contributed by atoms with Crippen LogP contribution in [0, 0.1) is 6.17 Å². The van der Waals surface area contributed by atoms with Gasteiger partial charge < -0.3 is 24.2 Å². The van der Waals surface area contributed by atoms with Crippen molar-refractivity contribution < 1.29 is 9.47 Å². The predicted molar refractivity (Wildman–Crippen MR) is 131 cm³/mol. The normalized spacial score (nSPS) is 14.2. The van der Waals surface area contributed by atoms with Crippen molar-refractivity contribution in [3.8, 4) is 11.5 Å². The summed E-state index contributed by atoms with van der Waals surface area (Å²) in [4.78, 5) is 6.51. The molecule has 1 aliphatic heterocycles. The highest BCUT2D eigenvalue weighted by Gasteiger charge is 2.41. The Morgan fingerprint density at radius 1 is 0.656 bits per heavy atom. The fourth-order valence-corrected chi connectivity index (χ4v) is 4.32. The Hall–Kier alpha value is -3.60. The second-order valence-electron chi connectivity index (χ2n) is 7.99. The summed E-state index contributed by atoms with van der Waals surface area (Å²) >= 11 is 0. The van der Waals surface area contributed by atoms with Gasteiger partial charge in [0, 0.05) is 57.1 Å². The fourth-order valence-electron chi connectivity index (χ4n) is 4.32. The lowest BCUT2D eigenvalue weighted by atomic mass is 10.1. The third kappa shape index (κ3) is 3.64. The SMILES string of the molecule is COc1cc(N(C)C)cc(OC)c1[C]1N(C)C(c2ccccc2)=C(c2ccccc2)N1C. The van der Waals surface area contributed by atoms with Crippen LogP contribution in [-0.2, 0) is 0 Å². The van der Waals surface area contributed by atoms with E-state index in [4.69, 9.17) is 9.47 Å². The lowest BCUT2D eigenvalue weighted by Crippen LogP contribution is -2.29. The molecule has 5 nitrogen and oxygen atoms in total. The topological polar surface area (TPSA) is 28.2 Å². The molecule has 165 valence electrons. The molecule has 1 aliphatic rings. The molecule has 0 fully saturated rings. The van der Waals surface area contributed by atoms with Crippen LogP contribution in [0.4, 0.5) is 5.69 Å². The number of methoxy groups -OCH3 is 2. The molecular formula is C27H30N3O2. The molecule has 0 amide bonds. The van der Waals surface area contributed by atoms with E-state index in [0.29, 0.717) is 0 Å². The molecule has 0 aromatic heterocycles. The van der Waals surface area contributed by atoms with E-state index in [0.717, 1.165) is 51.4 Å². The molecule has 5 heteroatoms. The van der Waals surface area contributed by atoms with Crippen LogP contribution in [-0.4, -0.2) is 52.2 Å². The molecule has 0 saturated carbocycles. The third-order valence-electron chi connectivity index (χ3n) is 5.86. The second-order valence-corrected chi connectivity index (χ2v) is 7.99. The van der Waals surface area contributed by atoms with Gasteiger partial charge in [0.1, 0.15) is 11.5 Å². The van der Waals surface area contributed by atoms with Crippen molar-refractivity contribution in [3.05, 3.63) is 95.7 Å². The van der Waals surface area contributed by atoms with E-state index in [1.54, 1.807) is 14.2 Å². The van der Waals surface area contributed by atoms with E-state index in [9.17, 15) is 0 Å². The van der Waals surface area contributed by atoms with Gasteiger partial charge in [0.05, 0.1) is 31.2 Å². The number of rotatable bonds is 6. The molecular weight excluding hydrogens is 398 g/mol. The molecule has 0 atom stereocenters. The first-order valence-corrected chi connectivity index (χ1v) is 10.6. The van der Waals surface area contributed by atoms with Crippen LogP contribution >= 0.6 is 0 Å². The largest absolute Gasteiger partial charge is 0.496 e. The van der Waals surface area contributed by atoms with Gasteiger partial charge in [-0.15, -0.1) is 0 Å². The maximum absolute atomic E-state index is 5.87. The summed E-state index contributed by atoms with van der Waals surface area (Å²) in [5.74, 6) is 1.53. The van der Waals surface area contributed by atoms with Gasteiger partial charge in [0.25, 0.3) is 0 Å². The summed E-state index contributed by atoms with van der Waals surface area (Å²) < 4.78 is 11.7. The number of nitrogens with zero attached hydrogens (tertiary/aromatic N) is 3. The van der Waals surface area contributed by atoms with Crippen molar-refractivity contribution in [2.75, 3.05) is 47.3 Å². The number of anilines is 1. The zero-order valence-electron chi connectivity index (χ0n) is 19.6. The first kappa shape index (κ1) is 21.6. The lowest BCUT2D eigenvalue weighted by molar-refractivity contribution is 0.338. The molecule has 0 aliphatic carbocycles. The third-order valence-corrected chi connectivity index (χ3v) is 5.86. The Bertz CT molecular complexity index is 1030. The minimum atomic E-state index is 0.767. The van der Waals surface area contributed by atoms with E-state index in [2.05, 4.69) is 84.6 Å². The van der Waals surface area contributed by atoms with Gasteiger partial charge >= 0.3 is 0 Å². The summed E-state index contributed by atoms with van der Waals surface area (Å²) in [6, 6.07) is 25.1. The Labute approximate surface area is 191 Å². The zero-order chi connectivity index (χ0) is 22.8. The quantitative estimate of drug-likeness (QED) is 0.550. The molecule has 0 bridgehead atoms. The minimum absolute atomic E-state index is 0.767. The van der Waals surface area contributed by atoms with Gasteiger partial charge in [-0.25, -0.2) is 0 Å². The minimum Gasteiger partial charge on any atom is -0.496 e. The van der Waals surface area contributed by atoms with Gasteiger partial charge in [-0.3, -0.25) is 0 Å². The molecule has 1 radical (unpaired) electrons. The summed E-state index contributed by atoms with van der Waals surface area (Å²) in [5, 5.41) is 0. The van der Waals surface area contributed by atoms with Crippen LogP contribution in [0.25, 0.3) is 11.4 Å². The molecule has 3 aromatic carbocycles. The van der Waals surface area contributed by atoms with Gasteiger partial charge in [-0.1, -0.05) is 60.7 Å². The van der Waals surface area contributed by atoms with Gasteiger partial charge in [-0.05, 0) is 0 Å². The standard InChI is InChI=1S/C27H30N3O2/c1-28(2)21-17-22(31-5)24(23(18-21)32-6)27-29(3)25(19-13-9-7-10-14-19)26(30(27)4)20-15-11-8-12-16-20/h7-18H,1-6H3. The van der Waals surface area contributed by atoms with Crippen molar-refractivity contribution in [2.45, 2.75) is 0 Å². The Kier molecular flexibility index (Phi) is 5.99.